The van der Waals surface area contributed by atoms with E-state index in [4.69, 9.17) is 9.47 Å². The number of carbonyl (C=O) groups is 1. The lowest BCUT2D eigenvalue weighted by molar-refractivity contribution is -0.127. The van der Waals surface area contributed by atoms with Gasteiger partial charge in [0, 0.05) is 26.2 Å². The maximum absolute atomic E-state index is 13.0. The van der Waals surface area contributed by atoms with Crippen molar-refractivity contribution in [1.29, 1.82) is 0 Å². The van der Waals surface area contributed by atoms with Gasteiger partial charge in [0.2, 0.25) is 10.0 Å². The molecule has 0 radical (unpaired) electrons. The van der Waals surface area contributed by atoms with Gasteiger partial charge in [0.15, 0.2) is 6.10 Å². The minimum Gasteiger partial charge on any atom is -0.476 e. The number of fused-ring (bicyclic) bond motifs is 1. The zero-order valence-electron chi connectivity index (χ0n) is 20.9. The molecule has 9 heteroatoms. The van der Waals surface area contributed by atoms with E-state index in [0.29, 0.717) is 18.0 Å². The molecule has 2 aliphatic rings. The van der Waals surface area contributed by atoms with E-state index in [-0.39, 0.29) is 17.9 Å². The van der Waals surface area contributed by atoms with Crippen LogP contribution in [0, 0.1) is 0 Å². The highest BCUT2D eigenvalue weighted by molar-refractivity contribution is 7.92. The molecule has 0 bridgehead atoms. The molecule has 0 unspecified atom stereocenters. The first-order valence-electron chi connectivity index (χ1n) is 12.0. The van der Waals surface area contributed by atoms with Crippen molar-refractivity contribution in [2.45, 2.75) is 45.4 Å². The fourth-order valence-electron chi connectivity index (χ4n) is 4.33. The van der Waals surface area contributed by atoms with Gasteiger partial charge in [-0.2, -0.15) is 0 Å². The second-order valence-electron chi connectivity index (χ2n) is 10.3. The topological polar surface area (TPSA) is 88.2 Å². The lowest BCUT2D eigenvalue weighted by Crippen LogP contribution is -2.50. The third-order valence-corrected chi connectivity index (χ3v) is 7.50. The third-order valence-electron chi connectivity index (χ3n) is 6.36. The molecule has 1 atom stereocenters. The number of morpholine rings is 1. The van der Waals surface area contributed by atoms with Gasteiger partial charge in [-0.15, -0.1) is 0 Å². The number of benzene rings is 2. The highest BCUT2D eigenvalue weighted by Gasteiger charge is 2.35. The van der Waals surface area contributed by atoms with E-state index >= 15 is 0 Å². The van der Waals surface area contributed by atoms with Crippen molar-refractivity contribution in [3.63, 3.8) is 0 Å². The molecule has 2 heterocycles. The molecule has 1 amide bonds. The molecule has 1 saturated heterocycles. The number of nitrogens with zero attached hydrogens (tertiary/aromatic N) is 2. The molecular formula is C26H35N3O5S. The van der Waals surface area contributed by atoms with Gasteiger partial charge in [-0.1, -0.05) is 51.1 Å². The van der Waals surface area contributed by atoms with Crippen LogP contribution < -0.4 is 14.4 Å². The van der Waals surface area contributed by atoms with Crippen molar-refractivity contribution < 1.29 is 22.7 Å². The van der Waals surface area contributed by atoms with Crippen LogP contribution in [0.5, 0.6) is 5.75 Å². The number of nitrogens with one attached hydrogen (secondary N) is 1. The van der Waals surface area contributed by atoms with Crippen molar-refractivity contribution in [2.24, 2.45) is 0 Å². The standard InChI is InChI=1S/C26H35N3O5S/c1-26(2,3)21-8-9-23-22(15-21)29(35(4,31)32)18-24(34-23)25(30)27-16-19-6-5-7-20(14-19)17-28-10-12-33-13-11-28/h5-9,14-15,24H,10-13,16-18H2,1-4H3,(H,27,30)/t24-/m0/s1. The van der Waals surface area contributed by atoms with E-state index in [1.807, 2.05) is 24.3 Å². The zero-order chi connectivity index (χ0) is 25.2. The molecular weight excluding hydrogens is 466 g/mol. The Morgan fingerprint density at radius 1 is 1.09 bits per heavy atom. The van der Waals surface area contributed by atoms with Crippen molar-refractivity contribution >= 4 is 21.6 Å². The lowest BCUT2D eigenvalue weighted by atomic mass is 9.86. The van der Waals surface area contributed by atoms with Gasteiger partial charge in [0.25, 0.3) is 5.91 Å². The first kappa shape index (κ1) is 25.5. The summed E-state index contributed by atoms with van der Waals surface area (Å²) in [6, 6.07) is 13.6. The Morgan fingerprint density at radius 2 is 1.80 bits per heavy atom. The number of amides is 1. The first-order valence-corrected chi connectivity index (χ1v) is 13.8. The Bertz CT molecular complexity index is 1170. The molecule has 8 nitrogen and oxygen atoms in total. The molecule has 0 saturated carbocycles. The summed E-state index contributed by atoms with van der Waals surface area (Å²) in [5.74, 6) is 0.0464. The average molecular weight is 502 g/mol. The second kappa shape index (κ2) is 10.2. The normalized spacial score (nSPS) is 19.1. The molecule has 1 fully saturated rings. The SMILES string of the molecule is CC(C)(C)c1ccc2c(c1)N(S(C)(=O)=O)C[C@@H](C(=O)NCc1cccc(CN3CCOCC3)c1)O2. The summed E-state index contributed by atoms with van der Waals surface area (Å²) < 4.78 is 37.8. The van der Waals surface area contributed by atoms with E-state index in [0.717, 1.165) is 50.2 Å². The summed E-state index contributed by atoms with van der Waals surface area (Å²) >= 11 is 0. The molecule has 2 aliphatic heterocycles. The molecule has 0 spiro atoms. The summed E-state index contributed by atoms with van der Waals surface area (Å²) in [6.07, 6.45) is 0.218. The van der Waals surface area contributed by atoms with Crippen LogP contribution in [0.25, 0.3) is 0 Å². The van der Waals surface area contributed by atoms with Crippen molar-refractivity contribution in [3.8, 4) is 5.75 Å². The molecule has 35 heavy (non-hydrogen) atoms. The van der Waals surface area contributed by atoms with Crippen LogP contribution in [0.1, 0.15) is 37.5 Å². The van der Waals surface area contributed by atoms with Crippen LogP contribution in [0.2, 0.25) is 0 Å². The fraction of sp³-hybridized carbons (Fsp3) is 0.500. The van der Waals surface area contributed by atoms with Gasteiger partial charge in [0.1, 0.15) is 5.75 Å². The maximum Gasteiger partial charge on any atom is 0.263 e. The van der Waals surface area contributed by atoms with E-state index in [1.165, 1.54) is 9.87 Å². The number of hydrogen-bond donors (Lipinski definition) is 1. The number of carbonyl (C=O) groups excluding carboxylic acids is 1. The first-order chi connectivity index (χ1) is 16.5. The van der Waals surface area contributed by atoms with Gasteiger partial charge in [-0.3, -0.25) is 14.0 Å². The highest BCUT2D eigenvalue weighted by atomic mass is 32.2. The van der Waals surface area contributed by atoms with Crippen LogP contribution in [0.3, 0.4) is 0 Å². The summed E-state index contributed by atoms with van der Waals surface area (Å²) in [5.41, 5.74) is 3.48. The highest BCUT2D eigenvalue weighted by Crippen LogP contribution is 2.38. The Hall–Kier alpha value is -2.62. The molecule has 0 aliphatic carbocycles. The quantitative estimate of drug-likeness (QED) is 0.655. The zero-order valence-corrected chi connectivity index (χ0v) is 21.7. The molecule has 2 aromatic rings. The fourth-order valence-corrected chi connectivity index (χ4v) is 5.23. The largest absolute Gasteiger partial charge is 0.476 e. The van der Waals surface area contributed by atoms with Crippen LogP contribution in [0.4, 0.5) is 5.69 Å². The van der Waals surface area contributed by atoms with Crippen LogP contribution in [-0.4, -0.2) is 64.4 Å². The smallest absolute Gasteiger partial charge is 0.263 e. The predicted octanol–water partition coefficient (Wildman–Crippen LogP) is 2.66. The number of sulfonamides is 1. The summed E-state index contributed by atoms with van der Waals surface area (Å²) in [5, 5.41) is 2.92. The van der Waals surface area contributed by atoms with E-state index in [1.54, 1.807) is 6.07 Å². The minimum atomic E-state index is -3.60. The van der Waals surface area contributed by atoms with Gasteiger partial charge in [0.05, 0.1) is 31.7 Å². The number of rotatable bonds is 6. The maximum atomic E-state index is 13.0. The summed E-state index contributed by atoms with van der Waals surface area (Å²) in [7, 11) is -3.60. The Labute approximate surface area is 208 Å². The van der Waals surface area contributed by atoms with E-state index < -0.39 is 16.1 Å². The Morgan fingerprint density at radius 3 is 2.49 bits per heavy atom. The third kappa shape index (κ3) is 6.34. The minimum absolute atomic E-state index is 0.0671. The van der Waals surface area contributed by atoms with Gasteiger partial charge in [-0.05, 0) is 34.2 Å². The average Bonchev–Trinajstić information content (AvgIpc) is 2.81. The number of ether oxygens (including phenoxy) is 2. The van der Waals surface area contributed by atoms with E-state index in [2.05, 4.69) is 43.1 Å². The Balaban J connectivity index is 1.44. The molecule has 4 rings (SSSR count). The van der Waals surface area contributed by atoms with Crippen LogP contribution in [-0.2, 0) is 38.1 Å². The van der Waals surface area contributed by atoms with Crippen molar-refractivity contribution in [1.82, 2.24) is 10.2 Å². The summed E-state index contributed by atoms with van der Waals surface area (Å²) in [6.45, 7) is 10.6. The number of hydrogen-bond acceptors (Lipinski definition) is 6. The van der Waals surface area contributed by atoms with Gasteiger partial charge in [-0.25, -0.2) is 8.42 Å². The number of anilines is 1. The molecule has 190 valence electrons. The lowest BCUT2D eigenvalue weighted by Gasteiger charge is -2.35. The second-order valence-corrected chi connectivity index (χ2v) is 12.2. The van der Waals surface area contributed by atoms with Crippen molar-refractivity contribution in [3.05, 3.63) is 59.2 Å². The van der Waals surface area contributed by atoms with Gasteiger partial charge < -0.3 is 14.8 Å². The summed E-state index contributed by atoms with van der Waals surface area (Å²) in [4.78, 5) is 15.3. The predicted molar refractivity (Wildman–Crippen MR) is 136 cm³/mol. The van der Waals surface area contributed by atoms with Crippen LogP contribution in [0.15, 0.2) is 42.5 Å². The molecule has 0 aromatic heterocycles. The van der Waals surface area contributed by atoms with Crippen LogP contribution >= 0.6 is 0 Å². The Kier molecular flexibility index (Phi) is 7.40. The van der Waals surface area contributed by atoms with E-state index in [9.17, 15) is 13.2 Å². The molecule has 2 aromatic carbocycles. The van der Waals surface area contributed by atoms with Gasteiger partial charge >= 0.3 is 0 Å². The van der Waals surface area contributed by atoms with Crippen molar-refractivity contribution in [2.75, 3.05) is 43.4 Å². The monoisotopic (exact) mass is 501 g/mol. The molecule has 1 N–H and O–H groups in total.